The molecule has 1 N–H and O–H groups in total. The molecule has 1 fully saturated rings. The number of Topliss-reactive ketones (excluding diaryl/α,β-unsaturated/α-hetero) is 1. The molecule has 0 bridgehead atoms. The number of carbonyl (C=O) groups is 1. The van der Waals surface area contributed by atoms with E-state index in [0.717, 1.165) is 0 Å². The molecule has 0 unspecified atom stereocenters. The van der Waals surface area contributed by atoms with Crippen LogP contribution in [0.3, 0.4) is 0 Å². The van der Waals surface area contributed by atoms with Crippen molar-refractivity contribution in [2.75, 3.05) is 31.1 Å². The molecule has 34 heavy (non-hydrogen) atoms. The number of para-hydroxylation sites is 1. The van der Waals surface area contributed by atoms with Crippen LogP contribution in [0.1, 0.15) is 27.0 Å². The van der Waals surface area contributed by atoms with Crippen LogP contribution in [0.15, 0.2) is 60.4 Å². The molecule has 0 amide bonds. The predicted octanol–water partition coefficient (Wildman–Crippen LogP) is 4.92. The van der Waals surface area contributed by atoms with Crippen LogP contribution in [-0.2, 0) is 6.54 Å². The molecule has 2 aliphatic rings. The first kappa shape index (κ1) is 22.1. The van der Waals surface area contributed by atoms with E-state index in [1.165, 1.54) is 18.2 Å². The maximum atomic E-state index is 14.1. The molecule has 2 heterocycles. The van der Waals surface area contributed by atoms with E-state index in [9.17, 15) is 18.7 Å². The summed E-state index contributed by atoms with van der Waals surface area (Å²) < 4.78 is 34.2. The van der Waals surface area contributed by atoms with Crippen molar-refractivity contribution < 1.29 is 23.4 Å². The first-order valence-electron chi connectivity index (χ1n) is 11.2. The molecule has 3 aromatic carbocycles. The van der Waals surface area contributed by atoms with Gasteiger partial charge in [0.25, 0.3) is 0 Å². The first-order chi connectivity index (χ1) is 16.4. The number of aromatic hydroxyl groups is 1. The van der Waals surface area contributed by atoms with Crippen molar-refractivity contribution in [1.29, 1.82) is 0 Å². The molecule has 3 aromatic rings. The van der Waals surface area contributed by atoms with Crippen LogP contribution in [0.25, 0.3) is 6.08 Å². The monoisotopic (exact) mass is 462 g/mol. The van der Waals surface area contributed by atoms with Crippen molar-refractivity contribution in [2.45, 2.75) is 13.5 Å². The highest BCUT2D eigenvalue weighted by Gasteiger charge is 2.34. The van der Waals surface area contributed by atoms with E-state index in [1.807, 2.05) is 11.0 Å². The molecule has 7 heteroatoms. The quantitative estimate of drug-likeness (QED) is 0.558. The zero-order chi connectivity index (χ0) is 23.8. The van der Waals surface area contributed by atoms with Gasteiger partial charge in [-0.3, -0.25) is 9.69 Å². The summed E-state index contributed by atoms with van der Waals surface area (Å²) in [5.41, 5.74) is 2.34. The molecule has 0 radical (unpaired) electrons. The van der Waals surface area contributed by atoms with Gasteiger partial charge in [-0.05, 0) is 42.8 Å². The number of fused-ring (bicyclic) bond motifs is 1. The minimum atomic E-state index is -0.449. The summed E-state index contributed by atoms with van der Waals surface area (Å²) in [4.78, 5) is 17.2. The van der Waals surface area contributed by atoms with E-state index in [1.54, 1.807) is 43.3 Å². The molecule has 0 saturated carbocycles. The molecule has 1 saturated heterocycles. The number of nitrogens with zero attached hydrogens (tertiary/aromatic N) is 2. The summed E-state index contributed by atoms with van der Waals surface area (Å²) in [6.45, 7) is 4.69. The molecule has 0 aromatic heterocycles. The average molecular weight is 462 g/mol. The largest absolute Gasteiger partial charge is 0.507 e. The number of anilines is 1. The summed E-state index contributed by atoms with van der Waals surface area (Å²) >= 11 is 0. The number of carbonyl (C=O) groups excluding carboxylic acids is 1. The second kappa shape index (κ2) is 8.91. The van der Waals surface area contributed by atoms with Gasteiger partial charge in [-0.1, -0.05) is 30.3 Å². The fraction of sp³-hybridized carbons (Fsp3) is 0.222. The number of phenols is 1. The lowest BCUT2D eigenvalue weighted by Crippen LogP contribution is -2.46. The Labute approximate surface area is 196 Å². The maximum Gasteiger partial charge on any atom is 0.232 e. The Balaban J connectivity index is 1.38. The molecule has 174 valence electrons. The van der Waals surface area contributed by atoms with Gasteiger partial charge in [-0.25, -0.2) is 8.78 Å². The highest BCUT2D eigenvalue weighted by atomic mass is 19.1. The Morgan fingerprint density at radius 1 is 1.00 bits per heavy atom. The summed E-state index contributed by atoms with van der Waals surface area (Å²) in [6.07, 6.45) is 1.39. The lowest BCUT2D eigenvalue weighted by atomic mass is 9.99. The Hall–Kier alpha value is -3.71. The third kappa shape index (κ3) is 4.03. The van der Waals surface area contributed by atoms with Crippen LogP contribution in [0.4, 0.5) is 14.5 Å². The number of halogens is 2. The van der Waals surface area contributed by atoms with Crippen molar-refractivity contribution in [2.24, 2.45) is 0 Å². The Bertz CT molecular complexity index is 1300. The number of hydrogen-bond donors (Lipinski definition) is 1. The average Bonchev–Trinajstić information content (AvgIpc) is 3.15. The van der Waals surface area contributed by atoms with Gasteiger partial charge in [0.2, 0.25) is 5.78 Å². The van der Waals surface area contributed by atoms with Crippen LogP contribution < -0.4 is 9.64 Å². The van der Waals surface area contributed by atoms with E-state index in [0.29, 0.717) is 60.9 Å². The van der Waals surface area contributed by atoms with Crippen LogP contribution >= 0.6 is 0 Å². The van der Waals surface area contributed by atoms with E-state index in [2.05, 4.69) is 4.90 Å². The minimum absolute atomic E-state index is 0.0272. The predicted molar refractivity (Wildman–Crippen MR) is 126 cm³/mol. The van der Waals surface area contributed by atoms with Gasteiger partial charge in [0.05, 0.1) is 16.8 Å². The highest BCUT2D eigenvalue weighted by molar-refractivity contribution is 6.15. The number of ketones is 1. The van der Waals surface area contributed by atoms with Gasteiger partial charge in [-0.15, -0.1) is 0 Å². The zero-order valence-corrected chi connectivity index (χ0v) is 18.7. The van der Waals surface area contributed by atoms with Crippen LogP contribution in [0.2, 0.25) is 0 Å². The second-order valence-corrected chi connectivity index (χ2v) is 8.57. The highest BCUT2D eigenvalue weighted by Crippen LogP contribution is 2.42. The van der Waals surface area contributed by atoms with Gasteiger partial charge in [0.1, 0.15) is 23.1 Å². The maximum absolute atomic E-state index is 14.1. The Morgan fingerprint density at radius 2 is 1.68 bits per heavy atom. The summed E-state index contributed by atoms with van der Waals surface area (Å²) in [5, 5.41) is 10.7. The molecule has 0 aliphatic carbocycles. The molecule has 0 atom stereocenters. The number of benzene rings is 3. The van der Waals surface area contributed by atoms with Crippen molar-refractivity contribution in [3.63, 3.8) is 0 Å². The number of hydrogen-bond acceptors (Lipinski definition) is 5. The smallest absolute Gasteiger partial charge is 0.232 e. The first-order valence-corrected chi connectivity index (χ1v) is 11.2. The van der Waals surface area contributed by atoms with Crippen molar-refractivity contribution >= 4 is 17.5 Å². The van der Waals surface area contributed by atoms with Crippen molar-refractivity contribution in [3.05, 3.63) is 94.2 Å². The summed E-state index contributed by atoms with van der Waals surface area (Å²) in [7, 11) is 0. The number of aryl methyl sites for hydroxylation is 1. The second-order valence-electron chi connectivity index (χ2n) is 8.57. The molecular weight excluding hydrogens is 438 g/mol. The Morgan fingerprint density at radius 3 is 2.38 bits per heavy atom. The van der Waals surface area contributed by atoms with Crippen molar-refractivity contribution in [3.8, 4) is 11.5 Å². The SMILES string of the molecule is Cc1cc(O)c(CN2CCN(c3ccccc3F)CC2)c2c1C(=O)/C(=C/c1ccccc1F)O2. The lowest BCUT2D eigenvalue weighted by Gasteiger charge is -2.36. The Kier molecular flexibility index (Phi) is 5.79. The number of allylic oxidation sites excluding steroid dienone is 1. The van der Waals surface area contributed by atoms with E-state index in [-0.39, 0.29) is 28.7 Å². The number of phenolic OH excluding ortho intramolecular Hbond substituents is 1. The van der Waals surface area contributed by atoms with Gasteiger partial charge in [-0.2, -0.15) is 0 Å². The van der Waals surface area contributed by atoms with E-state index < -0.39 is 5.82 Å². The fourth-order valence-electron chi connectivity index (χ4n) is 4.54. The normalized spacial score (nSPS) is 17.2. The van der Waals surface area contributed by atoms with E-state index in [4.69, 9.17) is 4.74 Å². The van der Waals surface area contributed by atoms with Crippen molar-refractivity contribution in [1.82, 2.24) is 4.90 Å². The number of piperazine rings is 1. The molecule has 0 spiro atoms. The fourth-order valence-corrected chi connectivity index (χ4v) is 4.54. The lowest BCUT2D eigenvalue weighted by molar-refractivity contribution is 0.101. The molecule has 2 aliphatic heterocycles. The zero-order valence-electron chi connectivity index (χ0n) is 18.7. The number of ether oxygens (including phenoxy) is 1. The topological polar surface area (TPSA) is 53.0 Å². The van der Waals surface area contributed by atoms with Crippen LogP contribution in [-0.4, -0.2) is 42.0 Å². The molecule has 5 nitrogen and oxygen atoms in total. The summed E-state index contributed by atoms with van der Waals surface area (Å²) in [6, 6.07) is 14.4. The number of rotatable bonds is 4. The molecular formula is C27H24F2N2O3. The van der Waals surface area contributed by atoms with Gasteiger partial charge < -0.3 is 14.7 Å². The molecule has 5 rings (SSSR count). The standard InChI is InChI=1S/C27H24F2N2O3/c1-17-14-23(32)19(16-30-10-12-31(13-11-30)22-9-5-4-8-21(22)29)27-25(17)26(33)24(34-27)15-18-6-2-3-7-20(18)28/h2-9,14-15,32H,10-13,16H2,1H3/b24-15-. The van der Waals surface area contributed by atoms with Gasteiger partial charge in [0.15, 0.2) is 5.76 Å². The third-order valence-corrected chi connectivity index (χ3v) is 6.36. The van der Waals surface area contributed by atoms with Gasteiger partial charge in [0, 0.05) is 38.3 Å². The minimum Gasteiger partial charge on any atom is -0.507 e. The third-order valence-electron chi connectivity index (χ3n) is 6.36. The van der Waals surface area contributed by atoms with Gasteiger partial charge >= 0.3 is 0 Å². The van der Waals surface area contributed by atoms with Crippen LogP contribution in [0, 0.1) is 18.6 Å². The summed E-state index contributed by atoms with van der Waals surface area (Å²) in [5.74, 6) is -0.629. The van der Waals surface area contributed by atoms with Crippen LogP contribution in [0.5, 0.6) is 11.5 Å². The van der Waals surface area contributed by atoms with E-state index >= 15 is 0 Å².